The van der Waals surface area contributed by atoms with Crippen molar-refractivity contribution in [3.63, 3.8) is 0 Å². The number of sulfonamides is 1. The zero-order valence-electron chi connectivity index (χ0n) is 13.5. The zero-order chi connectivity index (χ0) is 16.7. The fourth-order valence-electron chi connectivity index (χ4n) is 2.04. The van der Waals surface area contributed by atoms with Gasteiger partial charge in [-0.1, -0.05) is 37.6 Å². The van der Waals surface area contributed by atoms with E-state index in [4.69, 9.17) is 4.74 Å². The lowest BCUT2D eigenvalue weighted by atomic mass is 10.1. The summed E-state index contributed by atoms with van der Waals surface area (Å²) < 4.78 is 32.3. The molecule has 0 bridgehead atoms. The van der Waals surface area contributed by atoms with Crippen molar-refractivity contribution in [2.45, 2.75) is 33.3 Å². The molecule has 0 aliphatic rings. The third-order valence-electron chi connectivity index (χ3n) is 3.43. The Labute approximate surface area is 137 Å². The van der Waals surface area contributed by atoms with Crippen molar-refractivity contribution in [1.82, 2.24) is 4.98 Å². The molecule has 1 aromatic carbocycles. The Morgan fingerprint density at radius 3 is 2.70 bits per heavy atom. The Bertz CT molecular complexity index is 745. The highest BCUT2D eigenvalue weighted by Gasteiger charge is 2.14. The third kappa shape index (κ3) is 5.25. The maximum atomic E-state index is 12.0. The van der Waals surface area contributed by atoms with Crippen LogP contribution in [0.4, 0.5) is 5.82 Å². The van der Waals surface area contributed by atoms with Gasteiger partial charge in [0, 0.05) is 6.20 Å². The molecule has 6 heteroatoms. The van der Waals surface area contributed by atoms with Crippen molar-refractivity contribution in [3.05, 3.63) is 53.7 Å². The van der Waals surface area contributed by atoms with Crippen LogP contribution in [0.3, 0.4) is 0 Å². The van der Waals surface area contributed by atoms with Gasteiger partial charge < -0.3 is 4.74 Å². The Kier molecular flexibility index (Phi) is 5.98. The molecule has 1 N–H and O–H groups in total. The first-order valence-corrected chi connectivity index (χ1v) is 9.30. The van der Waals surface area contributed by atoms with Crippen LogP contribution >= 0.6 is 0 Å². The van der Waals surface area contributed by atoms with E-state index in [0.717, 1.165) is 17.5 Å². The summed E-state index contributed by atoms with van der Waals surface area (Å²) in [5, 5.41) is 0. The summed E-state index contributed by atoms with van der Waals surface area (Å²) in [6, 6.07) is 11.3. The molecule has 5 nitrogen and oxygen atoms in total. The first-order chi connectivity index (χ1) is 11.0. The fraction of sp³-hybridized carbons (Fsp3) is 0.353. The van der Waals surface area contributed by atoms with E-state index in [1.165, 1.54) is 6.20 Å². The molecule has 124 valence electrons. The van der Waals surface area contributed by atoms with E-state index >= 15 is 0 Å². The van der Waals surface area contributed by atoms with Crippen molar-refractivity contribution in [1.29, 1.82) is 0 Å². The van der Waals surface area contributed by atoms with Crippen molar-refractivity contribution >= 4 is 15.8 Å². The molecule has 0 aliphatic carbocycles. The normalized spacial score (nSPS) is 11.2. The van der Waals surface area contributed by atoms with Crippen molar-refractivity contribution < 1.29 is 13.2 Å². The summed E-state index contributed by atoms with van der Waals surface area (Å²) in [6.07, 6.45) is 2.97. The van der Waals surface area contributed by atoms with Gasteiger partial charge in [-0.25, -0.2) is 13.4 Å². The number of hydrogen-bond donors (Lipinski definition) is 1. The molecule has 0 saturated carbocycles. The van der Waals surface area contributed by atoms with Crippen LogP contribution in [-0.4, -0.2) is 19.2 Å². The highest BCUT2D eigenvalue weighted by Crippen LogP contribution is 2.24. The van der Waals surface area contributed by atoms with E-state index in [0.29, 0.717) is 18.8 Å². The van der Waals surface area contributed by atoms with E-state index in [9.17, 15) is 8.42 Å². The first kappa shape index (κ1) is 17.3. The van der Waals surface area contributed by atoms with Gasteiger partial charge in [0.05, 0.1) is 5.75 Å². The quantitative estimate of drug-likeness (QED) is 0.802. The minimum absolute atomic E-state index is 0.0807. The number of aromatic nitrogens is 1. The maximum Gasteiger partial charge on any atom is 0.233 e. The number of nitrogens with zero attached hydrogens (tertiary/aromatic N) is 1. The summed E-state index contributed by atoms with van der Waals surface area (Å²) in [7, 11) is -3.40. The molecule has 0 saturated heterocycles. The van der Waals surface area contributed by atoms with Crippen LogP contribution in [0, 0.1) is 6.92 Å². The minimum atomic E-state index is -3.40. The van der Waals surface area contributed by atoms with Crippen LogP contribution in [0.15, 0.2) is 42.6 Å². The van der Waals surface area contributed by atoms with E-state index in [-0.39, 0.29) is 11.6 Å². The van der Waals surface area contributed by atoms with Crippen LogP contribution in [0.5, 0.6) is 5.75 Å². The van der Waals surface area contributed by atoms with Gasteiger partial charge in [-0.05, 0) is 36.6 Å². The lowest BCUT2D eigenvalue weighted by molar-refractivity contribution is 0.306. The number of hydrogen-bond acceptors (Lipinski definition) is 4. The standard InChI is InChI=1S/C17H22N2O3S/c1-3-4-12-23(20,21)19-17-16(10-7-11-18-17)22-13-15-9-6-5-8-14(15)2/h5-11H,3-4,12-13H2,1-2H3,(H,18,19). The highest BCUT2D eigenvalue weighted by molar-refractivity contribution is 7.92. The maximum absolute atomic E-state index is 12.0. The van der Waals surface area contributed by atoms with Crippen molar-refractivity contribution in [3.8, 4) is 5.75 Å². The molecular formula is C17H22N2O3S. The number of rotatable bonds is 8. The Balaban J connectivity index is 2.10. The van der Waals surface area contributed by atoms with Crippen LogP contribution < -0.4 is 9.46 Å². The lowest BCUT2D eigenvalue weighted by Crippen LogP contribution is -2.18. The molecule has 0 unspecified atom stereocenters. The molecule has 2 rings (SSSR count). The monoisotopic (exact) mass is 334 g/mol. The number of anilines is 1. The number of unbranched alkanes of at least 4 members (excludes halogenated alkanes) is 1. The smallest absolute Gasteiger partial charge is 0.233 e. The van der Waals surface area contributed by atoms with Gasteiger partial charge in [0.2, 0.25) is 10.0 Å². The summed E-state index contributed by atoms with van der Waals surface area (Å²) >= 11 is 0. The SMILES string of the molecule is CCCCS(=O)(=O)Nc1ncccc1OCc1ccccc1C. The summed E-state index contributed by atoms with van der Waals surface area (Å²) in [5.41, 5.74) is 2.18. The van der Waals surface area contributed by atoms with Gasteiger partial charge >= 0.3 is 0 Å². The van der Waals surface area contributed by atoms with Gasteiger partial charge in [-0.2, -0.15) is 0 Å². The Morgan fingerprint density at radius 2 is 1.96 bits per heavy atom. The molecule has 0 atom stereocenters. The van der Waals surface area contributed by atoms with Crippen LogP contribution in [0.1, 0.15) is 30.9 Å². The Hall–Kier alpha value is -2.08. The minimum Gasteiger partial charge on any atom is -0.485 e. The summed E-state index contributed by atoms with van der Waals surface area (Å²) in [5.74, 6) is 0.741. The van der Waals surface area contributed by atoms with Crippen LogP contribution in [-0.2, 0) is 16.6 Å². The molecule has 23 heavy (non-hydrogen) atoms. The molecular weight excluding hydrogens is 312 g/mol. The molecule has 0 spiro atoms. The average molecular weight is 334 g/mol. The number of ether oxygens (including phenoxy) is 1. The molecule has 0 radical (unpaired) electrons. The van der Waals surface area contributed by atoms with Gasteiger partial charge in [0.1, 0.15) is 6.61 Å². The fourth-order valence-corrected chi connectivity index (χ4v) is 3.26. The number of pyridine rings is 1. The largest absolute Gasteiger partial charge is 0.485 e. The van der Waals surface area contributed by atoms with E-state index in [1.54, 1.807) is 12.1 Å². The predicted molar refractivity (Wildman–Crippen MR) is 92.1 cm³/mol. The van der Waals surface area contributed by atoms with E-state index in [2.05, 4.69) is 9.71 Å². The van der Waals surface area contributed by atoms with Gasteiger partial charge in [-0.3, -0.25) is 4.72 Å². The number of nitrogens with one attached hydrogen (secondary N) is 1. The third-order valence-corrected chi connectivity index (χ3v) is 4.76. The molecule has 0 fully saturated rings. The molecule has 0 aliphatic heterocycles. The molecule has 0 amide bonds. The molecule has 1 heterocycles. The second-order valence-electron chi connectivity index (χ2n) is 5.34. The van der Waals surface area contributed by atoms with Gasteiger partial charge in [0.25, 0.3) is 0 Å². The van der Waals surface area contributed by atoms with E-state index in [1.807, 2.05) is 38.1 Å². The highest BCUT2D eigenvalue weighted by atomic mass is 32.2. The zero-order valence-corrected chi connectivity index (χ0v) is 14.3. The summed E-state index contributed by atoms with van der Waals surface area (Å²) in [4.78, 5) is 4.09. The second-order valence-corrected chi connectivity index (χ2v) is 7.18. The molecule has 1 aromatic heterocycles. The number of aryl methyl sites for hydroxylation is 1. The second kappa shape index (κ2) is 7.97. The van der Waals surface area contributed by atoms with Crippen LogP contribution in [0.25, 0.3) is 0 Å². The van der Waals surface area contributed by atoms with E-state index < -0.39 is 10.0 Å². The van der Waals surface area contributed by atoms with Gasteiger partial charge in [0.15, 0.2) is 11.6 Å². The first-order valence-electron chi connectivity index (χ1n) is 7.64. The van der Waals surface area contributed by atoms with Gasteiger partial charge in [-0.15, -0.1) is 0 Å². The van der Waals surface area contributed by atoms with Crippen molar-refractivity contribution in [2.24, 2.45) is 0 Å². The van der Waals surface area contributed by atoms with Crippen LogP contribution in [0.2, 0.25) is 0 Å². The number of benzene rings is 1. The predicted octanol–water partition coefficient (Wildman–Crippen LogP) is 3.51. The topological polar surface area (TPSA) is 68.3 Å². The Morgan fingerprint density at radius 1 is 1.17 bits per heavy atom. The molecule has 2 aromatic rings. The summed E-state index contributed by atoms with van der Waals surface area (Å²) in [6.45, 7) is 4.32. The van der Waals surface area contributed by atoms with Crippen molar-refractivity contribution in [2.75, 3.05) is 10.5 Å². The lowest BCUT2D eigenvalue weighted by Gasteiger charge is -2.13. The average Bonchev–Trinajstić information content (AvgIpc) is 2.53.